The molecule has 2 fully saturated rings. The van der Waals surface area contributed by atoms with Crippen LogP contribution in [0.15, 0.2) is 35.3 Å². The third-order valence-electron chi connectivity index (χ3n) is 8.61. The molecule has 192 valence electrons. The number of amides is 1. The molecule has 9 heteroatoms. The number of rotatable bonds is 3. The van der Waals surface area contributed by atoms with Gasteiger partial charge in [0.05, 0.1) is 12.1 Å². The Balaban J connectivity index is 1.34. The number of imidazole rings is 1. The molecule has 5 atom stereocenters. The van der Waals surface area contributed by atoms with Gasteiger partial charge in [0.2, 0.25) is 5.88 Å². The third-order valence-corrected chi connectivity index (χ3v) is 8.61. The Labute approximate surface area is 215 Å². The maximum absolute atomic E-state index is 13.6. The second-order valence-corrected chi connectivity index (χ2v) is 11.1. The number of hydrogen-bond acceptors (Lipinski definition) is 5. The summed E-state index contributed by atoms with van der Waals surface area (Å²) < 4.78 is 8.97. The molecule has 3 aromatic rings. The first-order valence-electron chi connectivity index (χ1n) is 13.1. The van der Waals surface area contributed by atoms with Gasteiger partial charge in [0.15, 0.2) is 0 Å². The standard InChI is InChI=1S/C28H31N5O4/c1-15(2)18-10-9-16(3)11-23(18)37-28(36)31-14-17-12-21(31)24-26(34)33(27(35)32(17)24)22-13-30-25(29-4)20-8-6-5-7-19(20)22/h5-8,13,15-18,21,23,34H,9-12,14H2,1-3H3/t16-,17?,18+,21?,23-/m0/s1. The van der Waals surface area contributed by atoms with Crippen molar-refractivity contribution in [2.45, 2.75) is 64.6 Å². The van der Waals surface area contributed by atoms with Crippen molar-refractivity contribution in [1.29, 1.82) is 0 Å². The van der Waals surface area contributed by atoms with Gasteiger partial charge < -0.3 is 14.7 Å². The van der Waals surface area contributed by atoms with Crippen molar-refractivity contribution in [3.8, 4) is 11.6 Å². The fourth-order valence-corrected chi connectivity index (χ4v) is 6.74. The molecular formula is C28H31N5O4. The zero-order valence-electron chi connectivity index (χ0n) is 21.3. The van der Waals surface area contributed by atoms with Crippen LogP contribution in [0.1, 0.15) is 64.2 Å². The van der Waals surface area contributed by atoms with Gasteiger partial charge in [-0.05, 0) is 37.0 Å². The van der Waals surface area contributed by atoms with Crippen LogP contribution in [-0.4, -0.2) is 42.9 Å². The van der Waals surface area contributed by atoms with E-state index >= 15 is 0 Å². The van der Waals surface area contributed by atoms with Gasteiger partial charge in [0.25, 0.3) is 5.82 Å². The normalized spacial score (nSPS) is 26.5. The van der Waals surface area contributed by atoms with Crippen LogP contribution >= 0.6 is 0 Å². The Hall–Kier alpha value is -3.80. The minimum absolute atomic E-state index is 0.117. The highest BCUT2D eigenvalue weighted by Gasteiger charge is 2.50. The lowest BCUT2D eigenvalue weighted by Crippen LogP contribution is -2.42. The molecule has 3 aliphatic rings. The highest BCUT2D eigenvalue weighted by molar-refractivity contribution is 5.97. The molecular weight excluding hydrogens is 470 g/mol. The minimum atomic E-state index is -0.424. The molecule has 2 aliphatic heterocycles. The molecule has 0 radical (unpaired) electrons. The lowest BCUT2D eigenvalue weighted by Gasteiger charge is -2.38. The zero-order chi connectivity index (χ0) is 26.0. The number of pyridine rings is 1. The minimum Gasteiger partial charge on any atom is -0.493 e. The molecule has 4 heterocycles. The lowest BCUT2D eigenvalue weighted by molar-refractivity contribution is -0.0133. The highest BCUT2D eigenvalue weighted by atomic mass is 16.6. The number of aromatic hydroxyl groups is 1. The first-order valence-corrected chi connectivity index (χ1v) is 13.1. The predicted molar refractivity (Wildman–Crippen MR) is 138 cm³/mol. The average molecular weight is 502 g/mol. The van der Waals surface area contributed by atoms with Gasteiger partial charge in [-0.25, -0.2) is 14.2 Å². The van der Waals surface area contributed by atoms with E-state index in [0.29, 0.717) is 52.9 Å². The maximum atomic E-state index is 13.6. The van der Waals surface area contributed by atoms with Crippen LogP contribution in [0.2, 0.25) is 0 Å². The van der Waals surface area contributed by atoms with Gasteiger partial charge in [-0.3, -0.25) is 9.47 Å². The van der Waals surface area contributed by atoms with Gasteiger partial charge in [-0.1, -0.05) is 58.0 Å². The van der Waals surface area contributed by atoms with Crippen LogP contribution in [0.5, 0.6) is 5.88 Å². The van der Waals surface area contributed by atoms with Crippen molar-refractivity contribution < 1.29 is 14.6 Å². The Morgan fingerprint density at radius 2 is 1.97 bits per heavy atom. The zero-order valence-corrected chi connectivity index (χ0v) is 21.3. The van der Waals surface area contributed by atoms with Crippen molar-refractivity contribution in [2.75, 3.05) is 6.54 Å². The quantitative estimate of drug-likeness (QED) is 0.489. The van der Waals surface area contributed by atoms with E-state index in [4.69, 9.17) is 11.3 Å². The molecule has 37 heavy (non-hydrogen) atoms. The lowest BCUT2D eigenvalue weighted by atomic mass is 9.75. The fourth-order valence-electron chi connectivity index (χ4n) is 6.74. The number of aromatic nitrogens is 3. The monoisotopic (exact) mass is 501 g/mol. The number of nitrogens with zero attached hydrogens (tertiary/aromatic N) is 5. The van der Waals surface area contributed by atoms with E-state index in [1.54, 1.807) is 15.5 Å². The summed E-state index contributed by atoms with van der Waals surface area (Å²) in [4.78, 5) is 36.4. The fraction of sp³-hybridized carbons (Fsp3) is 0.500. The molecule has 2 bridgehead atoms. The van der Waals surface area contributed by atoms with Crippen LogP contribution in [0.25, 0.3) is 21.3 Å². The summed E-state index contributed by atoms with van der Waals surface area (Å²) in [5.41, 5.74) is 0.488. The largest absolute Gasteiger partial charge is 0.493 e. The number of fused-ring (bicyclic) bond motifs is 6. The molecule has 9 nitrogen and oxygen atoms in total. The van der Waals surface area contributed by atoms with Crippen LogP contribution in [0.3, 0.4) is 0 Å². The Kier molecular flexibility index (Phi) is 5.51. The van der Waals surface area contributed by atoms with E-state index in [0.717, 1.165) is 19.3 Å². The van der Waals surface area contributed by atoms with E-state index in [9.17, 15) is 14.7 Å². The van der Waals surface area contributed by atoms with Crippen LogP contribution in [-0.2, 0) is 4.74 Å². The van der Waals surface area contributed by atoms with Crippen molar-refractivity contribution in [2.24, 2.45) is 17.8 Å². The molecule has 1 saturated heterocycles. The molecule has 1 aliphatic carbocycles. The number of likely N-dealkylation sites (tertiary alicyclic amines) is 1. The van der Waals surface area contributed by atoms with Gasteiger partial charge in [0.1, 0.15) is 23.7 Å². The van der Waals surface area contributed by atoms with Crippen LogP contribution in [0.4, 0.5) is 10.6 Å². The topological polar surface area (TPSA) is 94.0 Å². The predicted octanol–water partition coefficient (Wildman–Crippen LogP) is 5.34. The number of carbonyl (C=O) groups is 1. The van der Waals surface area contributed by atoms with E-state index in [1.165, 1.54) is 10.8 Å². The summed E-state index contributed by atoms with van der Waals surface area (Å²) in [5, 5.41) is 12.6. The second-order valence-electron chi connectivity index (χ2n) is 11.1. The average Bonchev–Trinajstić information content (AvgIpc) is 3.55. The van der Waals surface area contributed by atoms with E-state index in [1.807, 2.05) is 18.2 Å². The molecule has 1 aromatic carbocycles. The first-order chi connectivity index (χ1) is 17.8. The molecule has 1 saturated carbocycles. The van der Waals surface area contributed by atoms with E-state index < -0.39 is 6.04 Å². The van der Waals surface area contributed by atoms with E-state index in [-0.39, 0.29) is 35.6 Å². The Morgan fingerprint density at radius 3 is 2.70 bits per heavy atom. The summed E-state index contributed by atoms with van der Waals surface area (Å²) in [6.45, 7) is 14.4. The molecule has 0 spiro atoms. The van der Waals surface area contributed by atoms with Gasteiger partial charge in [0, 0.05) is 17.3 Å². The summed E-state index contributed by atoms with van der Waals surface area (Å²) in [5.74, 6) is 1.34. The highest BCUT2D eigenvalue weighted by Crippen LogP contribution is 2.49. The van der Waals surface area contributed by atoms with Crippen molar-refractivity contribution >= 4 is 22.7 Å². The first kappa shape index (κ1) is 23.6. The van der Waals surface area contributed by atoms with Crippen molar-refractivity contribution in [3.05, 3.63) is 58.1 Å². The van der Waals surface area contributed by atoms with Gasteiger partial charge in [-0.15, -0.1) is 4.98 Å². The van der Waals surface area contributed by atoms with Crippen molar-refractivity contribution in [3.63, 3.8) is 0 Å². The molecule has 1 N–H and O–H groups in total. The van der Waals surface area contributed by atoms with E-state index in [2.05, 4.69) is 30.6 Å². The Bertz CT molecular complexity index is 1500. The molecule has 2 unspecified atom stereocenters. The molecule has 2 aromatic heterocycles. The summed E-state index contributed by atoms with van der Waals surface area (Å²) in [7, 11) is 0. The number of benzene rings is 1. The number of ether oxygens (including phenoxy) is 1. The number of hydrogen-bond donors (Lipinski definition) is 1. The summed E-state index contributed by atoms with van der Waals surface area (Å²) in [6.07, 6.45) is 4.63. The smallest absolute Gasteiger partial charge is 0.410 e. The third kappa shape index (κ3) is 3.53. The SMILES string of the molecule is [C-]#[N+]c1ncc(-n2c(O)c3n(c2=O)C2CC3N(C(=O)O[C@H]3C[C@@H](C)CC[C@@H]3C(C)C)C2)c2ccccc12. The maximum Gasteiger partial charge on any atom is 0.410 e. The van der Waals surface area contributed by atoms with Gasteiger partial charge >= 0.3 is 11.8 Å². The summed E-state index contributed by atoms with van der Waals surface area (Å²) >= 11 is 0. The molecule has 6 rings (SSSR count). The second kappa shape index (κ2) is 8.65. The number of carbonyl (C=O) groups excluding carboxylic acids is 1. The van der Waals surface area contributed by atoms with Crippen molar-refractivity contribution in [1.82, 2.24) is 19.0 Å². The van der Waals surface area contributed by atoms with Gasteiger partial charge in [-0.2, -0.15) is 0 Å². The Morgan fingerprint density at radius 1 is 1.22 bits per heavy atom. The summed E-state index contributed by atoms with van der Waals surface area (Å²) in [6, 6.07) is 6.58. The molecule has 1 amide bonds. The van der Waals surface area contributed by atoms with Crippen LogP contribution in [0, 0.1) is 24.3 Å². The van der Waals surface area contributed by atoms with Crippen LogP contribution < -0.4 is 5.69 Å².